The third kappa shape index (κ3) is 6.97. The number of aromatic nitrogens is 1. The van der Waals surface area contributed by atoms with E-state index in [0.29, 0.717) is 0 Å². The van der Waals surface area contributed by atoms with Crippen LogP contribution in [0.5, 0.6) is 0 Å². The molecule has 3 heteroatoms. The summed E-state index contributed by atoms with van der Waals surface area (Å²) >= 11 is 0. The molecule has 0 saturated carbocycles. The summed E-state index contributed by atoms with van der Waals surface area (Å²) in [6.07, 6.45) is 0. The first kappa shape index (κ1) is 40.6. The maximum atomic E-state index is 6.41. The summed E-state index contributed by atoms with van der Waals surface area (Å²) in [6.45, 7) is 0. The van der Waals surface area contributed by atoms with Crippen LogP contribution >= 0.6 is 0 Å². The highest BCUT2D eigenvalue weighted by Crippen LogP contribution is 2.44. The van der Waals surface area contributed by atoms with Gasteiger partial charge in [0.25, 0.3) is 0 Å². The van der Waals surface area contributed by atoms with Crippen molar-refractivity contribution < 1.29 is 4.42 Å². The molecule has 3 nitrogen and oxygen atoms in total. The Morgan fingerprint density at radius 1 is 0.282 bits per heavy atom. The predicted octanol–water partition coefficient (Wildman–Crippen LogP) is 19.1. The highest BCUT2D eigenvalue weighted by atomic mass is 16.3. The lowest BCUT2D eigenvalue weighted by atomic mass is 9.97. The first-order valence-corrected chi connectivity index (χ1v) is 24.3. The van der Waals surface area contributed by atoms with Gasteiger partial charge in [0.15, 0.2) is 0 Å². The number of hydrogen-bond donors (Lipinski definition) is 0. The van der Waals surface area contributed by atoms with Crippen molar-refractivity contribution in [2.75, 3.05) is 4.90 Å². The molecule has 2 aromatic heterocycles. The quantitative estimate of drug-likeness (QED) is 0.142. The number of hydrogen-bond acceptors (Lipinski definition) is 2. The molecular formula is C68H44N2O. The molecule has 0 unspecified atom stereocenters. The van der Waals surface area contributed by atoms with E-state index in [9.17, 15) is 0 Å². The van der Waals surface area contributed by atoms with Crippen molar-refractivity contribution in [3.8, 4) is 50.2 Å². The maximum Gasteiger partial charge on any atom is 0.136 e. The SMILES string of the molecule is c1cc(-c2ccc(-c3ccc(N(c4ccc(-c5ccc6c(ccc7ccccc76)c5)cc4)c4ccccc4-c4ccc5c(c4)oc4ccccc45)cc3)cc2)cc(-n2c3ccccc3c3ccccc32)c1. The van der Waals surface area contributed by atoms with Gasteiger partial charge in [-0.2, -0.15) is 0 Å². The van der Waals surface area contributed by atoms with Crippen molar-refractivity contribution in [1.29, 1.82) is 0 Å². The van der Waals surface area contributed by atoms with Crippen LogP contribution in [0, 0.1) is 0 Å². The van der Waals surface area contributed by atoms with Gasteiger partial charge in [-0.15, -0.1) is 0 Å². The molecule has 14 aromatic rings. The van der Waals surface area contributed by atoms with Crippen LogP contribution in [0.15, 0.2) is 271 Å². The fraction of sp³-hybridized carbons (Fsp3) is 0. The number of para-hydroxylation sites is 4. The van der Waals surface area contributed by atoms with Gasteiger partial charge in [-0.1, -0.05) is 188 Å². The zero-order valence-corrected chi connectivity index (χ0v) is 38.7. The zero-order valence-electron chi connectivity index (χ0n) is 38.7. The van der Waals surface area contributed by atoms with E-state index in [0.717, 1.165) is 66.9 Å². The summed E-state index contributed by atoms with van der Waals surface area (Å²) in [6, 6.07) is 96.7. The lowest BCUT2D eigenvalue weighted by Crippen LogP contribution is -2.11. The van der Waals surface area contributed by atoms with Crippen LogP contribution in [0.25, 0.3) is 115 Å². The van der Waals surface area contributed by atoms with Crippen molar-refractivity contribution in [2.45, 2.75) is 0 Å². The molecule has 2 heterocycles. The van der Waals surface area contributed by atoms with Gasteiger partial charge in [-0.25, -0.2) is 0 Å². The van der Waals surface area contributed by atoms with Crippen molar-refractivity contribution in [3.05, 3.63) is 267 Å². The topological polar surface area (TPSA) is 21.3 Å². The minimum absolute atomic E-state index is 0.879. The Kier molecular flexibility index (Phi) is 9.53. The number of furan rings is 1. The van der Waals surface area contributed by atoms with Crippen molar-refractivity contribution >= 4 is 82.4 Å². The van der Waals surface area contributed by atoms with E-state index in [-0.39, 0.29) is 0 Å². The Morgan fingerprint density at radius 2 is 0.775 bits per heavy atom. The Balaban J connectivity index is 0.818. The second kappa shape index (κ2) is 16.7. The molecular weight excluding hydrogens is 861 g/mol. The van der Waals surface area contributed by atoms with Gasteiger partial charge < -0.3 is 13.9 Å². The molecule has 0 fully saturated rings. The largest absolute Gasteiger partial charge is 0.456 e. The molecule has 0 amide bonds. The van der Waals surface area contributed by atoms with Crippen LogP contribution in [0.1, 0.15) is 0 Å². The van der Waals surface area contributed by atoms with Crippen LogP contribution in [-0.2, 0) is 0 Å². The summed E-state index contributed by atoms with van der Waals surface area (Å²) in [5.41, 5.74) is 17.8. The van der Waals surface area contributed by atoms with Gasteiger partial charge in [0.2, 0.25) is 0 Å². The summed E-state index contributed by atoms with van der Waals surface area (Å²) in [5, 5.41) is 9.82. The van der Waals surface area contributed by atoms with E-state index in [2.05, 4.69) is 264 Å². The Morgan fingerprint density at radius 3 is 1.49 bits per heavy atom. The Bertz CT molecular complexity index is 4280. The fourth-order valence-corrected chi connectivity index (χ4v) is 10.9. The molecule has 12 aromatic carbocycles. The third-order valence-electron chi connectivity index (χ3n) is 14.4. The minimum atomic E-state index is 0.879. The monoisotopic (exact) mass is 904 g/mol. The van der Waals surface area contributed by atoms with Crippen molar-refractivity contribution in [3.63, 3.8) is 0 Å². The molecule has 14 rings (SSSR count). The molecule has 0 aliphatic carbocycles. The van der Waals surface area contributed by atoms with Gasteiger partial charge in [-0.05, 0) is 139 Å². The van der Waals surface area contributed by atoms with Crippen LogP contribution in [0.3, 0.4) is 0 Å². The van der Waals surface area contributed by atoms with Crippen LogP contribution in [0.4, 0.5) is 17.1 Å². The standard InChI is InChI=1S/C68H44N2O/c1-2-15-57-49(12-1)28-29-52-42-51(34-40-58(52)57)48-32-38-55(39-33-48)69(64-20-7-3-16-59(64)53-35-41-63-62-19-6-10-23-67(62)71-68(63)44-53)54-36-30-46(31-37-54)45-24-26-47(27-25-45)50-13-11-14-56(43-50)70-65-21-8-4-17-60(65)61-18-5-9-22-66(61)70/h1-44H. The van der Waals surface area contributed by atoms with Crippen molar-refractivity contribution in [1.82, 2.24) is 4.57 Å². The lowest BCUT2D eigenvalue weighted by Gasteiger charge is -2.28. The third-order valence-corrected chi connectivity index (χ3v) is 14.4. The molecule has 0 aliphatic heterocycles. The average Bonchev–Trinajstić information content (AvgIpc) is 3.99. The molecule has 0 radical (unpaired) electrons. The summed E-state index contributed by atoms with van der Waals surface area (Å²) in [4.78, 5) is 2.38. The van der Waals surface area contributed by atoms with E-state index in [1.807, 2.05) is 12.1 Å². The van der Waals surface area contributed by atoms with E-state index in [1.165, 1.54) is 65.6 Å². The van der Waals surface area contributed by atoms with Crippen LogP contribution in [0.2, 0.25) is 0 Å². The molecule has 332 valence electrons. The summed E-state index contributed by atoms with van der Waals surface area (Å²) in [7, 11) is 0. The predicted molar refractivity (Wildman–Crippen MR) is 299 cm³/mol. The van der Waals surface area contributed by atoms with Gasteiger partial charge in [-0.3, -0.25) is 0 Å². The van der Waals surface area contributed by atoms with E-state index < -0.39 is 0 Å². The van der Waals surface area contributed by atoms with Crippen molar-refractivity contribution in [2.24, 2.45) is 0 Å². The summed E-state index contributed by atoms with van der Waals surface area (Å²) in [5.74, 6) is 0. The molecule has 0 saturated heterocycles. The van der Waals surface area contributed by atoms with Gasteiger partial charge in [0.05, 0.1) is 16.7 Å². The number of fused-ring (bicyclic) bond motifs is 9. The number of nitrogens with zero attached hydrogens (tertiary/aromatic N) is 2. The minimum Gasteiger partial charge on any atom is -0.456 e. The normalized spacial score (nSPS) is 11.7. The van der Waals surface area contributed by atoms with Crippen LogP contribution < -0.4 is 4.90 Å². The average molecular weight is 905 g/mol. The molecule has 0 atom stereocenters. The molecule has 0 bridgehead atoms. The Labute approximate surface area is 411 Å². The fourth-order valence-electron chi connectivity index (χ4n) is 10.9. The second-order valence-electron chi connectivity index (χ2n) is 18.5. The van der Waals surface area contributed by atoms with Crippen LogP contribution in [-0.4, -0.2) is 4.57 Å². The molecule has 71 heavy (non-hydrogen) atoms. The second-order valence-corrected chi connectivity index (χ2v) is 18.5. The van der Waals surface area contributed by atoms with Gasteiger partial charge in [0.1, 0.15) is 11.2 Å². The number of anilines is 3. The maximum absolute atomic E-state index is 6.41. The van der Waals surface area contributed by atoms with E-state index in [4.69, 9.17) is 4.42 Å². The first-order valence-electron chi connectivity index (χ1n) is 24.3. The number of benzene rings is 12. The molecule has 0 N–H and O–H groups in total. The Hall–Kier alpha value is -9.44. The molecule has 0 aliphatic rings. The summed E-state index contributed by atoms with van der Waals surface area (Å²) < 4.78 is 8.79. The molecule has 0 spiro atoms. The first-order chi connectivity index (χ1) is 35.2. The van der Waals surface area contributed by atoms with Gasteiger partial charge >= 0.3 is 0 Å². The zero-order chi connectivity index (χ0) is 46.8. The highest BCUT2D eigenvalue weighted by molar-refractivity contribution is 6.10. The lowest BCUT2D eigenvalue weighted by molar-refractivity contribution is 0.669. The van der Waals surface area contributed by atoms with E-state index in [1.54, 1.807) is 0 Å². The highest BCUT2D eigenvalue weighted by Gasteiger charge is 2.19. The van der Waals surface area contributed by atoms with E-state index >= 15 is 0 Å². The van der Waals surface area contributed by atoms with Gasteiger partial charge in [0, 0.05) is 44.2 Å². The smallest absolute Gasteiger partial charge is 0.136 e. The number of rotatable bonds is 8.